The zero-order valence-electron chi connectivity index (χ0n) is 13.8. The summed E-state index contributed by atoms with van der Waals surface area (Å²) in [6, 6.07) is 24.8. The summed E-state index contributed by atoms with van der Waals surface area (Å²) < 4.78 is 0. The van der Waals surface area contributed by atoms with Crippen LogP contribution in [0.3, 0.4) is 0 Å². The van der Waals surface area contributed by atoms with E-state index in [1.807, 2.05) is 30.3 Å². The summed E-state index contributed by atoms with van der Waals surface area (Å²) in [6.07, 6.45) is 0. The van der Waals surface area contributed by atoms with Gasteiger partial charge in [-0.15, -0.1) is 0 Å². The van der Waals surface area contributed by atoms with Crippen molar-refractivity contribution in [3.05, 3.63) is 83.9 Å². The number of nitrogens with zero attached hydrogens (tertiary/aromatic N) is 2. The SMILES string of the molecule is Cc1cccc(C)c1-c1nc(-c2ccccc2)nc2ccccc12. The Morgan fingerprint density at radius 3 is 2.04 bits per heavy atom. The zero-order chi connectivity index (χ0) is 16.5. The first-order valence-electron chi connectivity index (χ1n) is 8.13. The molecule has 0 saturated heterocycles. The van der Waals surface area contributed by atoms with Crippen molar-refractivity contribution < 1.29 is 0 Å². The van der Waals surface area contributed by atoms with Gasteiger partial charge in [-0.1, -0.05) is 66.7 Å². The fourth-order valence-electron chi connectivity index (χ4n) is 3.17. The van der Waals surface area contributed by atoms with Gasteiger partial charge < -0.3 is 0 Å². The molecule has 1 heterocycles. The molecule has 3 aromatic carbocycles. The van der Waals surface area contributed by atoms with E-state index in [1.165, 1.54) is 16.7 Å². The molecule has 0 aliphatic carbocycles. The van der Waals surface area contributed by atoms with Crippen molar-refractivity contribution in [2.75, 3.05) is 0 Å². The van der Waals surface area contributed by atoms with Crippen LogP contribution < -0.4 is 0 Å². The topological polar surface area (TPSA) is 25.8 Å². The molecule has 1 aromatic heterocycles. The normalized spacial score (nSPS) is 10.9. The van der Waals surface area contributed by atoms with Crippen LogP contribution in [0.5, 0.6) is 0 Å². The second kappa shape index (κ2) is 5.89. The molecule has 0 fully saturated rings. The summed E-state index contributed by atoms with van der Waals surface area (Å²) in [6.45, 7) is 4.28. The Balaban J connectivity index is 2.07. The first-order valence-corrected chi connectivity index (χ1v) is 8.13. The lowest BCUT2D eigenvalue weighted by Gasteiger charge is -2.13. The standard InChI is InChI=1S/C22H18N2/c1-15-9-8-10-16(2)20(15)21-18-13-6-7-14-19(18)23-22(24-21)17-11-4-3-5-12-17/h3-14H,1-2H3. The maximum absolute atomic E-state index is 4.95. The van der Waals surface area contributed by atoms with E-state index in [2.05, 4.69) is 56.3 Å². The van der Waals surface area contributed by atoms with Crippen LogP contribution >= 0.6 is 0 Å². The van der Waals surface area contributed by atoms with E-state index in [9.17, 15) is 0 Å². The molecule has 2 nitrogen and oxygen atoms in total. The van der Waals surface area contributed by atoms with E-state index in [-0.39, 0.29) is 0 Å². The van der Waals surface area contributed by atoms with Gasteiger partial charge >= 0.3 is 0 Å². The van der Waals surface area contributed by atoms with Crippen LogP contribution in [0.2, 0.25) is 0 Å². The molecule has 0 saturated carbocycles. The van der Waals surface area contributed by atoms with Crippen molar-refractivity contribution in [1.29, 1.82) is 0 Å². The monoisotopic (exact) mass is 310 g/mol. The molecular formula is C22H18N2. The minimum absolute atomic E-state index is 0.770. The molecule has 0 aliphatic heterocycles. The second-order valence-electron chi connectivity index (χ2n) is 6.05. The van der Waals surface area contributed by atoms with Gasteiger partial charge in [0, 0.05) is 16.5 Å². The zero-order valence-corrected chi connectivity index (χ0v) is 13.8. The predicted molar refractivity (Wildman–Crippen MR) is 99.9 cm³/mol. The van der Waals surface area contributed by atoms with Crippen LogP contribution in [0.1, 0.15) is 11.1 Å². The Morgan fingerprint density at radius 1 is 0.625 bits per heavy atom. The van der Waals surface area contributed by atoms with E-state index < -0.39 is 0 Å². The maximum atomic E-state index is 4.95. The van der Waals surface area contributed by atoms with E-state index in [0.29, 0.717) is 0 Å². The number of para-hydroxylation sites is 1. The van der Waals surface area contributed by atoms with E-state index in [1.54, 1.807) is 0 Å². The van der Waals surface area contributed by atoms with Gasteiger partial charge in [-0.2, -0.15) is 0 Å². The lowest BCUT2D eigenvalue weighted by atomic mass is 9.97. The summed E-state index contributed by atoms with van der Waals surface area (Å²) in [7, 11) is 0. The van der Waals surface area contributed by atoms with Crippen LogP contribution in [0.15, 0.2) is 72.8 Å². The van der Waals surface area contributed by atoms with Gasteiger partial charge in [0.2, 0.25) is 0 Å². The Kier molecular flexibility index (Phi) is 3.58. The minimum Gasteiger partial charge on any atom is -0.228 e. The molecule has 4 aromatic rings. The molecular weight excluding hydrogens is 292 g/mol. The summed E-state index contributed by atoms with van der Waals surface area (Å²) in [5.74, 6) is 0.770. The predicted octanol–water partition coefficient (Wildman–Crippen LogP) is 5.58. The molecule has 0 unspecified atom stereocenters. The summed E-state index contributed by atoms with van der Waals surface area (Å²) in [5, 5.41) is 1.09. The second-order valence-corrected chi connectivity index (χ2v) is 6.05. The molecule has 0 bridgehead atoms. The molecule has 0 amide bonds. The van der Waals surface area contributed by atoms with Crippen molar-refractivity contribution in [2.24, 2.45) is 0 Å². The van der Waals surface area contributed by atoms with Gasteiger partial charge in [0.15, 0.2) is 5.82 Å². The lowest BCUT2D eigenvalue weighted by Crippen LogP contribution is -1.97. The lowest BCUT2D eigenvalue weighted by molar-refractivity contribution is 1.21. The summed E-state index contributed by atoms with van der Waals surface area (Å²) >= 11 is 0. The number of benzene rings is 3. The first kappa shape index (κ1) is 14.6. The van der Waals surface area contributed by atoms with Gasteiger partial charge in [0.25, 0.3) is 0 Å². The minimum atomic E-state index is 0.770. The fraction of sp³-hybridized carbons (Fsp3) is 0.0909. The molecule has 0 aliphatic rings. The van der Waals surface area contributed by atoms with Crippen molar-refractivity contribution in [3.8, 4) is 22.6 Å². The van der Waals surface area contributed by atoms with Gasteiger partial charge in [0.1, 0.15) is 0 Å². The number of fused-ring (bicyclic) bond motifs is 1. The third-order valence-electron chi connectivity index (χ3n) is 4.35. The van der Waals surface area contributed by atoms with Crippen LogP contribution in [-0.4, -0.2) is 9.97 Å². The van der Waals surface area contributed by atoms with Crippen LogP contribution in [-0.2, 0) is 0 Å². The van der Waals surface area contributed by atoms with Gasteiger partial charge in [-0.05, 0) is 31.0 Å². The number of hydrogen-bond acceptors (Lipinski definition) is 2. The largest absolute Gasteiger partial charge is 0.228 e. The third kappa shape index (κ3) is 2.46. The molecule has 116 valence electrons. The van der Waals surface area contributed by atoms with Crippen LogP contribution in [0, 0.1) is 13.8 Å². The van der Waals surface area contributed by atoms with Gasteiger partial charge in [0.05, 0.1) is 11.2 Å². The Morgan fingerprint density at radius 2 is 1.29 bits per heavy atom. The number of aryl methyl sites for hydroxylation is 2. The van der Waals surface area contributed by atoms with Crippen molar-refractivity contribution >= 4 is 10.9 Å². The average Bonchev–Trinajstić information content (AvgIpc) is 2.62. The maximum Gasteiger partial charge on any atom is 0.160 e. The van der Waals surface area contributed by atoms with Crippen molar-refractivity contribution in [1.82, 2.24) is 9.97 Å². The molecule has 0 atom stereocenters. The average molecular weight is 310 g/mol. The molecule has 4 rings (SSSR count). The Bertz CT molecular complexity index is 1000. The van der Waals surface area contributed by atoms with E-state index in [4.69, 9.17) is 9.97 Å². The number of aromatic nitrogens is 2. The highest BCUT2D eigenvalue weighted by atomic mass is 14.9. The third-order valence-corrected chi connectivity index (χ3v) is 4.35. The highest BCUT2D eigenvalue weighted by Crippen LogP contribution is 2.32. The highest BCUT2D eigenvalue weighted by molar-refractivity contribution is 5.95. The van der Waals surface area contributed by atoms with Gasteiger partial charge in [-0.3, -0.25) is 0 Å². The summed E-state index contributed by atoms with van der Waals surface area (Å²) in [5.41, 5.74) is 6.69. The van der Waals surface area contributed by atoms with Crippen LogP contribution in [0.25, 0.3) is 33.5 Å². The molecule has 0 radical (unpaired) electrons. The van der Waals surface area contributed by atoms with Crippen molar-refractivity contribution in [2.45, 2.75) is 13.8 Å². The van der Waals surface area contributed by atoms with E-state index in [0.717, 1.165) is 28.0 Å². The quantitative estimate of drug-likeness (QED) is 0.483. The fourth-order valence-corrected chi connectivity index (χ4v) is 3.17. The van der Waals surface area contributed by atoms with E-state index >= 15 is 0 Å². The van der Waals surface area contributed by atoms with Crippen LogP contribution in [0.4, 0.5) is 0 Å². The first-order chi connectivity index (χ1) is 11.7. The Labute approximate surface area is 141 Å². The summed E-state index contributed by atoms with van der Waals surface area (Å²) in [4.78, 5) is 9.73. The molecule has 2 heteroatoms. The molecule has 24 heavy (non-hydrogen) atoms. The number of rotatable bonds is 2. The van der Waals surface area contributed by atoms with Crippen molar-refractivity contribution in [3.63, 3.8) is 0 Å². The number of hydrogen-bond donors (Lipinski definition) is 0. The smallest absolute Gasteiger partial charge is 0.160 e. The Hall–Kier alpha value is -3.00. The molecule has 0 N–H and O–H groups in total. The molecule has 0 spiro atoms. The highest BCUT2D eigenvalue weighted by Gasteiger charge is 2.14. The van der Waals surface area contributed by atoms with Gasteiger partial charge in [-0.25, -0.2) is 9.97 Å².